The number of anilines is 1. The Hall–Kier alpha value is -3.65. The number of hydrogen-bond acceptors (Lipinski definition) is 6. The predicted octanol–water partition coefficient (Wildman–Crippen LogP) is 1.52. The number of amidine groups is 1. The Morgan fingerprint density at radius 3 is 2.73 bits per heavy atom. The third-order valence-electron chi connectivity index (χ3n) is 5.10. The maximum atomic E-state index is 12.7. The summed E-state index contributed by atoms with van der Waals surface area (Å²) in [7, 11) is 1.80. The Balaban J connectivity index is 1.52. The van der Waals surface area contributed by atoms with Crippen LogP contribution in [-0.4, -0.2) is 43.5 Å². The fraction of sp³-hybridized carbons (Fsp3) is 0.227. The van der Waals surface area contributed by atoms with Crippen molar-refractivity contribution in [3.05, 3.63) is 75.7 Å². The number of likely N-dealkylation sites (N-methyl/N-ethyl adjacent to an activating group) is 1. The van der Waals surface area contributed by atoms with E-state index in [1.165, 1.54) is 5.57 Å². The fourth-order valence-corrected chi connectivity index (χ4v) is 3.43. The highest BCUT2D eigenvalue weighted by atomic mass is 16.2. The molecule has 0 saturated heterocycles. The average molecular weight is 404 g/mol. The van der Waals surface area contributed by atoms with Crippen LogP contribution in [0.15, 0.2) is 58.5 Å². The molecule has 0 bridgehead atoms. The van der Waals surface area contributed by atoms with Crippen molar-refractivity contribution in [1.82, 2.24) is 20.9 Å². The molecule has 30 heavy (non-hydrogen) atoms. The van der Waals surface area contributed by atoms with E-state index in [1.807, 2.05) is 18.2 Å². The minimum Gasteiger partial charge on any atom is -0.373 e. The Morgan fingerprint density at radius 2 is 2.00 bits per heavy atom. The zero-order valence-corrected chi connectivity index (χ0v) is 16.7. The molecule has 2 aromatic rings. The van der Waals surface area contributed by atoms with E-state index in [9.17, 15) is 9.59 Å². The van der Waals surface area contributed by atoms with Crippen LogP contribution in [0.4, 0.5) is 5.69 Å². The molecule has 3 heterocycles. The Kier molecular flexibility index (Phi) is 5.76. The highest BCUT2D eigenvalue weighted by Gasteiger charge is 2.13. The SMILES string of the molecule is CNC1=NCNC(c2c[nH]c(=O)c(NC(=O)c3ccc(C4=CCNCC4)cc3)c2)=C1. The molecule has 0 fully saturated rings. The van der Waals surface area contributed by atoms with Crippen LogP contribution in [-0.2, 0) is 0 Å². The van der Waals surface area contributed by atoms with Crippen LogP contribution >= 0.6 is 0 Å². The monoisotopic (exact) mass is 404 g/mol. The quantitative estimate of drug-likeness (QED) is 0.531. The zero-order chi connectivity index (χ0) is 20.9. The molecule has 0 radical (unpaired) electrons. The summed E-state index contributed by atoms with van der Waals surface area (Å²) in [6.07, 6.45) is 6.59. The molecule has 2 aliphatic heterocycles. The van der Waals surface area contributed by atoms with Gasteiger partial charge in [-0.05, 0) is 42.3 Å². The van der Waals surface area contributed by atoms with E-state index >= 15 is 0 Å². The first-order valence-corrected chi connectivity index (χ1v) is 9.86. The van der Waals surface area contributed by atoms with E-state index in [4.69, 9.17) is 0 Å². The van der Waals surface area contributed by atoms with Crippen LogP contribution in [0.1, 0.15) is 27.9 Å². The summed E-state index contributed by atoms with van der Waals surface area (Å²) in [5.41, 5.74) is 4.29. The molecule has 4 rings (SSSR count). The zero-order valence-electron chi connectivity index (χ0n) is 16.7. The number of carbonyl (C=O) groups excluding carboxylic acids is 1. The van der Waals surface area contributed by atoms with Crippen LogP contribution in [0, 0.1) is 0 Å². The molecule has 0 unspecified atom stereocenters. The topological polar surface area (TPSA) is 110 Å². The minimum atomic E-state index is -0.359. The van der Waals surface area contributed by atoms with E-state index < -0.39 is 0 Å². The van der Waals surface area contributed by atoms with E-state index in [1.54, 1.807) is 31.4 Å². The second-order valence-corrected chi connectivity index (χ2v) is 7.03. The summed E-state index contributed by atoms with van der Waals surface area (Å²) >= 11 is 0. The van der Waals surface area contributed by atoms with Crippen molar-refractivity contribution in [3.8, 4) is 0 Å². The predicted molar refractivity (Wildman–Crippen MR) is 119 cm³/mol. The summed E-state index contributed by atoms with van der Waals surface area (Å²) in [6, 6.07) is 9.12. The lowest BCUT2D eigenvalue weighted by atomic mass is 9.99. The molecule has 154 valence electrons. The molecule has 1 aromatic heterocycles. The smallest absolute Gasteiger partial charge is 0.271 e. The van der Waals surface area contributed by atoms with Crippen molar-refractivity contribution in [2.24, 2.45) is 4.99 Å². The molecule has 2 aliphatic rings. The number of aromatic nitrogens is 1. The van der Waals surface area contributed by atoms with Crippen LogP contribution < -0.4 is 26.8 Å². The molecule has 1 amide bonds. The van der Waals surface area contributed by atoms with Gasteiger partial charge in [-0.3, -0.25) is 9.59 Å². The molecule has 0 spiro atoms. The van der Waals surface area contributed by atoms with E-state index in [-0.39, 0.29) is 17.2 Å². The van der Waals surface area contributed by atoms with Gasteiger partial charge in [-0.2, -0.15) is 0 Å². The van der Waals surface area contributed by atoms with Crippen molar-refractivity contribution >= 4 is 28.7 Å². The van der Waals surface area contributed by atoms with Gasteiger partial charge >= 0.3 is 0 Å². The summed E-state index contributed by atoms with van der Waals surface area (Å²) in [4.78, 5) is 31.9. The van der Waals surface area contributed by atoms with Gasteiger partial charge in [0.15, 0.2) is 0 Å². The first-order chi connectivity index (χ1) is 14.6. The third-order valence-corrected chi connectivity index (χ3v) is 5.10. The maximum absolute atomic E-state index is 12.7. The second kappa shape index (κ2) is 8.79. The number of pyridine rings is 1. The highest BCUT2D eigenvalue weighted by molar-refractivity contribution is 6.05. The Morgan fingerprint density at radius 1 is 1.17 bits per heavy atom. The highest BCUT2D eigenvalue weighted by Crippen LogP contribution is 2.20. The van der Waals surface area contributed by atoms with Gasteiger partial charge in [0.2, 0.25) is 0 Å². The fourth-order valence-electron chi connectivity index (χ4n) is 3.43. The van der Waals surface area contributed by atoms with E-state index in [0.717, 1.165) is 42.2 Å². The number of H-pyrrole nitrogens is 1. The van der Waals surface area contributed by atoms with Crippen LogP contribution in [0.5, 0.6) is 0 Å². The number of benzene rings is 1. The van der Waals surface area contributed by atoms with Gasteiger partial charge in [0, 0.05) is 42.7 Å². The molecule has 0 saturated carbocycles. The van der Waals surface area contributed by atoms with Gasteiger partial charge in [0.1, 0.15) is 18.2 Å². The number of aliphatic imine (C=N–C) groups is 1. The molecular weight excluding hydrogens is 380 g/mol. The molecular formula is C22H24N6O2. The number of aromatic amines is 1. The Labute approximate surface area is 174 Å². The lowest BCUT2D eigenvalue weighted by Crippen LogP contribution is -2.27. The number of rotatable bonds is 4. The normalized spacial score (nSPS) is 16.0. The Bertz CT molecular complexity index is 1100. The minimum absolute atomic E-state index is 0.193. The van der Waals surface area contributed by atoms with Gasteiger partial charge < -0.3 is 26.3 Å². The van der Waals surface area contributed by atoms with Gasteiger partial charge in [-0.15, -0.1) is 0 Å². The molecule has 0 aliphatic carbocycles. The number of hydrogen-bond donors (Lipinski definition) is 5. The average Bonchev–Trinajstić information content (AvgIpc) is 2.81. The van der Waals surface area contributed by atoms with Crippen LogP contribution in [0.25, 0.3) is 11.3 Å². The van der Waals surface area contributed by atoms with E-state index in [2.05, 4.69) is 37.3 Å². The summed E-state index contributed by atoms with van der Waals surface area (Å²) < 4.78 is 0. The van der Waals surface area contributed by atoms with Crippen LogP contribution in [0.3, 0.4) is 0 Å². The first kappa shape index (κ1) is 19.7. The molecule has 8 heteroatoms. The van der Waals surface area contributed by atoms with Crippen molar-refractivity contribution in [3.63, 3.8) is 0 Å². The second-order valence-electron chi connectivity index (χ2n) is 7.03. The maximum Gasteiger partial charge on any atom is 0.271 e. The molecule has 1 aromatic carbocycles. The van der Waals surface area contributed by atoms with Gasteiger partial charge in [-0.25, -0.2) is 4.99 Å². The number of amides is 1. The van der Waals surface area contributed by atoms with Crippen LogP contribution in [0.2, 0.25) is 0 Å². The summed E-state index contributed by atoms with van der Waals surface area (Å²) in [5.74, 6) is 0.413. The lowest BCUT2D eigenvalue weighted by Gasteiger charge is -2.16. The number of nitrogens with one attached hydrogen (secondary N) is 5. The standard InChI is InChI=1S/C22H24N6O2/c1-23-20-11-18(26-13-27-20)17-10-19(22(30)25-12-17)28-21(29)16-4-2-14(3-5-16)15-6-8-24-9-7-15/h2-6,10-12,24,26H,7-9,13H2,1H3,(H,23,27)(H,25,30)(H,28,29). The van der Waals surface area contributed by atoms with Crippen molar-refractivity contribution in [2.45, 2.75) is 6.42 Å². The first-order valence-electron chi connectivity index (χ1n) is 9.86. The van der Waals surface area contributed by atoms with Crippen molar-refractivity contribution < 1.29 is 4.79 Å². The molecule has 8 nitrogen and oxygen atoms in total. The summed E-state index contributed by atoms with van der Waals surface area (Å²) in [5, 5.41) is 12.2. The largest absolute Gasteiger partial charge is 0.373 e. The lowest BCUT2D eigenvalue weighted by molar-refractivity contribution is 0.102. The number of nitrogens with zero attached hydrogens (tertiary/aromatic N) is 1. The molecule has 5 N–H and O–H groups in total. The third kappa shape index (κ3) is 4.33. The molecule has 0 atom stereocenters. The van der Waals surface area contributed by atoms with Crippen molar-refractivity contribution in [1.29, 1.82) is 0 Å². The van der Waals surface area contributed by atoms with E-state index in [0.29, 0.717) is 12.2 Å². The number of carbonyl (C=O) groups is 1. The van der Waals surface area contributed by atoms with Gasteiger partial charge in [0.05, 0.1) is 0 Å². The van der Waals surface area contributed by atoms with Gasteiger partial charge in [-0.1, -0.05) is 18.2 Å². The van der Waals surface area contributed by atoms with Crippen molar-refractivity contribution in [2.75, 3.05) is 32.1 Å². The summed E-state index contributed by atoms with van der Waals surface area (Å²) in [6.45, 7) is 2.26. The van der Waals surface area contributed by atoms with Gasteiger partial charge in [0.25, 0.3) is 11.5 Å².